The minimum absolute atomic E-state index is 0.0370. The van der Waals surface area contributed by atoms with Crippen molar-refractivity contribution >= 4 is 47.2 Å². The van der Waals surface area contributed by atoms with Crippen LogP contribution in [0.2, 0.25) is 0 Å². The summed E-state index contributed by atoms with van der Waals surface area (Å²) in [6.07, 6.45) is 0.403. The minimum Gasteiger partial charge on any atom is -0.469 e. The Morgan fingerprint density at radius 1 is 0.735 bits per heavy atom. The van der Waals surface area contributed by atoms with Crippen molar-refractivity contribution in [1.29, 1.82) is 0 Å². The van der Waals surface area contributed by atoms with Crippen LogP contribution < -0.4 is 11.1 Å². The van der Waals surface area contributed by atoms with Crippen molar-refractivity contribution in [3.05, 3.63) is 0 Å². The van der Waals surface area contributed by atoms with Crippen LogP contribution in [-0.2, 0) is 52.7 Å². The van der Waals surface area contributed by atoms with E-state index in [9.17, 15) is 38.4 Å². The van der Waals surface area contributed by atoms with E-state index in [1.165, 1.54) is 47.7 Å². The molecule has 1 aliphatic rings. The molecule has 2 unspecified atom stereocenters. The fourth-order valence-electron chi connectivity index (χ4n) is 3.73. The molecule has 1 saturated heterocycles. The zero-order valence-electron chi connectivity index (χ0n) is 32.0. The van der Waals surface area contributed by atoms with E-state index in [1.54, 1.807) is 27.7 Å². The van der Waals surface area contributed by atoms with Gasteiger partial charge < -0.3 is 30.3 Å². The van der Waals surface area contributed by atoms with Crippen LogP contribution in [0.5, 0.6) is 0 Å². The van der Waals surface area contributed by atoms with Gasteiger partial charge in [0.1, 0.15) is 5.78 Å². The molecular weight excluding hydrogens is 640 g/mol. The molecule has 1 aliphatic heterocycles. The summed E-state index contributed by atoms with van der Waals surface area (Å²) in [7, 11) is 2.58. The quantitative estimate of drug-likeness (QED) is 0.186. The predicted molar refractivity (Wildman–Crippen MR) is 183 cm³/mol. The molecule has 0 bridgehead atoms. The lowest BCUT2D eigenvalue weighted by Gasteiger charge is -2.23. The molecule has 0 saturated carbocycles. The van der Waals surface area contributed by atoms with Crippen LogP contribution in [0.3, 0.4) is 0 Å². The van der Waals surface area contributed by atoms with Crippen molar-refractivity contribution in [3.63, 3.8) is 0 Å². The van der Waals surface area contributed by atoms with Crippen molar-refractivity contribution in [1.82, 2.24) is 15.3 Å². The van der Waals surface area contributed by atoms with Gasteiger partial charge in [-0.3, -0.25) is 33.6 Å². The second-order valence-electron chi connectivity index (χ2n) is 13.2. The van der Waals surface area contributed by atoms with Gasteiger partial charge in [-0.05, 0) is 58.2 Å². The molecule has 0 aromatic heterocycles. The number of amides is 3. The number of hydroxylamine groups is 2. The average molecular weight is 703 g/mol. The van der Waals surface area contributed by atoms with Gasteiger partial charge in [-0.1, -0.05) is 48.5 Å². The minimum atomic E-state index is -0.725. The number of ether oxygens (including phenoxy) is 2. The third kappa shape index (κ3) is 25.9. The maximum atomic E-state index is 11.7. The lowest BCUT2D eigenvalue weighted by atomic mass is 9.85. The van der Waals surface area contributed by atoms with Gasteiger partial charge >= 0.3 is 17.9 Å². The third-order valence-electron chi connectivity index (χ3n) is 7.13. The van der Waals surface area contributed by atoms with E-state index in [1.807, 2.05) is 13.8 Å². The van der Waals surface area contributed by atoms with Gasteiger partial charge in [-0.2, -0.15) is 0 Å². The Kier molecular flexibility index (Phi) is 25.6. The number of nitrogens with one attached hydrogen (secondary N) is 1. The molecule has 49 heavy (non-hydrogen) atoms. The molecule has 1 heterocycles. The number of ketones is 2. The summed E-state index contributed by atoms with van der Waals surface area (Å²) < 4.78 is 9.09. The molecule has 284 valence electrons. The topological polar surface area (TPSA) is 209 Å². The first-order valence-electron chi connectivity index (χ1n) is 16.4. The number of hydrogen-bond donors (Lipinski definition) is 2. The Bertz CT molecular complexity index is 1080. The van der Waals surface area contributed by atoms with Crippen LogP contribution in [0, 0.1) is 10.8 Å². The van der Waals surface area contributed by atoms with Crippen LogP contribution >= 0.6 is 0 Å². The molecule has 3 N–H and O–H groups in total. The van der Waals surface area contributed by atoms with E-state index in [2.05, 4.69) is 40.5 Å². The highest BCUT2D eigenvalue weighted by Gasteiger charge is 2.35. The SMILES string of the molecule is CC(=O)C(C)N.CCN(CC)CC.COC(=O)CC(C)(C)CC(=O)NC(C)C(C)=O.COC(=O)CC(C)(C)CC(=O)ON1C(=O)CCC1=O. The molecule has 2 atom stereocenters. The second kappa shape index (κ2) is 25.3. The molecule has 0 aromatic carbocycles. The maximum Gasteiger partial charge on any atom is 0.333 e. The van der Waals surface area contributed by atoms with Crippen LogP contribution in [0.4, 0.5) is 0 Å². The van der Waals surface area contributed by atoms with Crippen LogP contribution in [0.1, 0.15) is 115 Å². The molecule has 3 amide bonds. The van der Waals surface area contributed by atoms with Crippen molar-refractivity contribution in [2.45, 2.75) is 127 Å². The molecule has 15 heteroatoms. The summed E-state index contributed by atoms with van der Waals surface area (Å²) in [6.45, 7) is 23.3. The zero-order chi connectivity index (χ0) is 39.1. The Labute approximate surface area is 292 Å². The number of carbonyl (C=O) groups is 8. The summed E-state index contributed by atoms with van der Waals surface area (Å²) >= 11 is 0. The third-order valence-corrected chi connectivity index (χ3v) is 7.13. The number of methoxy groups -OCH3 is 2. The average Bonchev–Trinajstić information content (AvgIpc) is 3.29. The van der Waals surface area contributed by atoms with E-state index in [0.29, 0.717) is 5.06 Å². The lowest BCUT2D eigenvalue weighted by molar-refractivity contribution is -0.199. The standard InChI is InChI=1S/C12H17NO6.C12H21NO4.C6H15N.C4H9NO/c1-12(2,6-10(16)18-3)7-11(17)19-13-8(14)4-5-9(13)15;1-8(9(2)14)13-10(15)6-12(3,4)7-11(16)17-5;1-4-7(5-2)6-3;1-3(5)4(2)6/h4-7H2,1-3H3;8H,6-7H2,1-5H3,(H,13,15);4-6H2,1-3H3;3H,5H2,1-2H3. The molecular formula is C34H62N4O11. The normalized spacial score (nSPS) is 13.7. The number of hydrogen-bond acceptors (Lipinski definition) is 13. The highest BCUT2D eigenvalue weighted by Crippen LogP contribution is 2.27. The van der Waals surface area contributed by atoms with Gasteiger partial charge in [-0.15, -0.1) is 5.06 Å². The lowest BCUT2D eigenvalue weighted by Crippen LogP contribution is -2.39. The van der Waals surface area contributed by atoms with Crippen molar-refractivity contribution in [2.24, 2.45) is 16.6 Å². The predicted octanol–water partition coefficient (Wildman–Crippen LogP) is 2.90. The number of nitrogens with zero attached hydrogens (tertiary/aromatic N) is 2. The molecule has 0 aliphatic carbocycles. The highest BCUT2D eigenvalue weighted by atomic mass is 16.7. The summed E-state index contributed by atoms with van der Waals surface area (Å²) in [5.74, 6) is -2.85. The van der Waals surface area contributed by atoms with E-state index in [0.717, 1.165) is 0 Å². The van der Waals surface area contributed by atoms with Crippen molar-refractivity contribution in [2.75, 3.05) is 33.9 Å². The van der Waals surface area contributed by atoms with Crippen molar-refractivity contribution in [3.8, 4) is 0 Å². The number of nitrogens with two attached hydrogens (primary N) is 1. The van der Waals surface area contributed by atoms with Crippen molar-refractivity contribution < 1.29 is 52.7 Å². The largest absolute Gasteiger partial charge is 0.469 e. The Hall–Kier alpha value is -3.72. The van der Waals surface area contributed by atoms with Gasteiger partial charge in [0, 0.05) is 19.3 Å². The first-order chi connectivity index (χ1) is 22.4. The Balaban J connectivity index is -0.000000641. The Morgan fingerprint density at radius 2 is 1.08 bits per heavy atom. The fourth-order valence-corrected chi connectivity index (χ4v) is 3.73. The van der Waals surface area contributed by atoms with Gasteiger partial charge in [0.25, 0.3) is 11.8 Å². The molecule has 15 nitrogen and oxygen atoms in total. The van der Waals surface area contributed by atoms with Crippen LogP contribution in [0.15, 0.2) is 0 Å². The van der Waals surface area contributed by atoms with E-state index in [-0.39, 0.29) is 68.0 Å². The van der Waals surface area contributed by atoms with Crippen LogP contribution in [-0.4, -0.2) is 103 Å². The molecule has 1 rings (SSSR count). The zero-order valence-corrected chi connectivity index (χ0v) is 32.0. The number of Topliss-reactive ketones (excluding diaryl/α,β-unsaturated/α-hetero) is 2. The first kappa shape index (κ1) is 49.7. The van der Waals surface area contributed by atoms with E-state index >= 15 is 0 Å². The summed E-state index contributed by atoms with van der Waals surface area (Å²) in [5, 5.41) is 3.08. The van der Waals surface area contributed by atoms with Crippen LogP contribution in [0.25, 0.3) is 0 Å². The summed E-state index contributed by atoms with van der Waals surface area (Å²) in [5.41, 5.74) is 3.94. The number of imide groups is 1. The number of esters is 2. The molecule has 0 aromatic rings. The number of rotatable bonds is 15. The van der Waals surface area contributed by atoms with Gasteiger partial charge in [0.05, 0.1) is 45.6 Å². The smallest absolute Gasteiger partial charge is 0.333 e. The fraction of sp³-hybridized carbons (Fsp3) is 0.765. The van der Waals surface area contributed by atoms with Gasteiger partial charge in [0.15, 0.2) is 5.78 Å². The van der Waals surface area contributed by atoms with Gasteiger partial charge in [0.2, 0.25) is 5.91 Å². The Morgan fingerprint density at radius 3 is 1.37 bits per heavy atom. The summed E-state index contributed by atoms with van der Waals surface area (Å²) in [6, 6.07) is -0.776. The highest BCUT2D eigenvalue weighted by molar-refractivity contribution is 6.01. The monoisotopic (exact) mass is 702 g/mol. The summed E-state index contributed by atoms with van der Waals surface area (Å²) in [4.78, 5) is 96.2. The maximum absolute atomic E-state index is 11.7. The van der Waals surface area contributed by atoms with E-state index < -0.39 is 40.6 Å². The van der Waals surface area contributed by atoms with Gasteiger partial charge in [-0.25, -0.2) is 4.79 Å². The van der Waals surface area contributed by atoms with E-state index in [4.69, 9.17) is 10.6 Å². The second-order valence-corrected chi connectivity index (χ2v) is 13.2. The molecule has 1 fully saturated rings. The number of carbonyl (C=O) groups excluding carboxylic acids is 8. The first-order valence-corrected chi connectivity index (χ1v) is 16.4. The molecule has 0 radical (unpaired) electrons. The molecule has 0 spiro atoms.